The van der Waals surface area contributed by atoms with Crippen LogP contribution in [0.5, 0.6) is 11.5 Å². The van der Waals surface area contributed by atoms with Crippen LogP contribution in [0, 0.1) is 0 Å². The molecule has 7 heteroatoms. The number of imide groups is 2. The summed E-state index contributed by atoms with van der Waals surface area (Å²) in [5.41, 5.74) is 0.613. The molecular weight excluding hydrogens is 336 g/mol. The van der Waals surface area contributed by atoms with Crippen molar-refractivity contribution in [2.45, 2.75) is 0 Å². The maximum atomic E-state index is 12.8. The van der Waals surface area contributed by atoms with Gasteiger partial charge in [0.25, 0.3) is 11.8 Å². The van der Waals surface area contributed by atoms with Crippen LogP contribution in [0.25, 0.3) is 6.08 Å². The van der Waals surface area contributed by atoms with E-state index in [0.29, 0.717) is 11.3 Å². The summed E-state index contributed by atoms with van der Waals surface area (Å²) < 4.78 is 4.97. The predicted molar refractivity (Wildman–Crippen MR) is 94.7 cm³/mol. The van der Waals surface area contributed by atoms with Crippen molar-refractivity contribution < 1.29 is 24.2 Å². The molecule has 0 radical (unpaired) electrons. The first kappa shape index (κ1) is 17.2. The summed E-state index contributed by atoms with van der Waals surface area (Å²) in [7, 11) is 2.73. The number of urea groups is 1. The highest BCUT2D eigenvalue weighted by atomic mass is 16.5. The van der Waals surface area contributed by atoms with Gasteiger partial charge in [-0.05, 0) is 35.9 Å². The molecule has 1 saturated heterocycles. The van der Waals surface area contributed by atoms with Gasteiger partial charge in [-0.1, -0.05) is 24.3 Å². The van der Waals surface area contributed by atoms with Crippen LogP contribution in [0.15, 0.2) is 54.1 Å². The van der Waals surface area contributed by atoms with E-state index in [4.69, 9.17) is 4.74 Å². The Balaban J connectivity index is 2.05. The summed E-state index contributed by atoms with van der Waals surface area (Å²) in [6.45, 7) is 0. The number of amides is 4. The number of likely N-dealkylation sites (N-methyl/N-ethyl adjacent to an activating group) is 1. The van der Waals surface area contributed by atoms with Gasteiger partial charge in [0.2, 0.25) is 0 Å². The molecule has 1 N–H and O–H groups in total. The molecule has 1 fully saturated rings. The molecule has 3 rings (SSSR count). The Bertz CT molecular complexity index is 921. The summed E-state index contributed by atoms with van der Waals surface area (Å²) >= 11 is 0. The fraction of sp³-hybridized carbons (Fsp3) is 0.105. The number of carbonyl (C=O) groups is 3. The second kappa shape index (κ2) is 6.72. The number of barbiturate groups is 1. The number of anilines is 1. The number of methoxy groups -OCH3 is 1. The average Bonchev–Trinajstić information content (AvgIpc) is 2.65. The van der Waals surface area contributed by atoms with Gasteiger partial charge in [-0.3, -0.25) is 14.5 Å². The minimum Gasteiger partial charge on any atom is -0.504 e. The van der Waals surface area contributed by atoms with Gasteiger partial charge < -0.3 is 9.84 Å². The quantitative estimate of drug-likeness (QED) is 0.677. The SMILES string of the molecule is COc1ccc(C=C2C(=O)N(C)C(=O)N(c3ccccc3)C2=O)cc1O. The Labute approximate surface area is 149 Å². The monoisotopic (exact) mass is 352 g/mol. The second-order valence-electron chi connectivity index (χ2n) is 5.61. The van der Waals surface area contributed by atoms with Crippen LogP contribution in [-0.2, 0) is 9.59 Å². The van der Waals surface area contributed by atoms with Crippen LogP contribution in [0.4, 0.5) is 10.5 Å². The zero-order valence-corrected chi connectivity index (χ0v) is 14.2. The number of benzene rings is 2. The molecule has 2 aromatic carbocycles. The summed E-state index contributed by atoms with van der Waals surface area (Å²) in [6.07, 6.45) is 1.34. The third-order valence-electron chi connectivity index (χ3n) is 3.98. The first-order valence-electron chi connectivity index (χ1n) is 7.74. The van der Waals surface area contributed by atoms with Crippen LogP contribution in [-0.4, -0.2) is 42.0 Å². The van der Waals surface area contributed by atoms with Crippen molar-refractivity contribution in [3.63, 3.8) is 0 Å². The van der Waals surface area contributed by atoms with Gasteiger partial charge in [0.05, 0.1) is 12.8 Å². The molecule has 1 aliphatic rings. The van der Waals surface area contributed by atoms with Crippen molar-refractivity contribution in [1.82, 2.24) is 4.90 Å². The number of ether oxygens (including phenoxy) is 1. The summed E-state index contributed by atoms with van der Waals surface area (Å²) in [6, 6.07) is 12.1. The minimum atomic E-state index is -0.723. The highest BCUT2D eigenvalue weighted by Crippen LogP contribution is 2.29. The van der Waals surface area contributed by atoms with Crippen molar-refractivity contribution in [1.29, 1.82) is 0 Å². The number of hydrogen-bond donors (Lipinski definition) is 1. The number of hydrogen-bond acceptors (Lipinski definition) is 5. The van der Waals surface area contributed by atoms with Crippen LogP contribution in [0.1, 0.15) is 5.56 Å². The lowest BCUT2D eigenvalue weighted by Gasteiger charge is -2.31. The maximum Gasteiger partial charge on any atom is 0.338 e. The maximum absolute atomic E-state index is 12.8. The van der Waals surface area contributed by atoms with E-state index in [2.05, 4.69) is 0 Å². The van der Waals surface area contributed by atoms with Crippen LogP contribution in [0.3, 0.4) is 0 Å². The van der Waals surface area contributed by atoms with E-state index in [1.807, 2.05) is 0 Å². The molecule has 0 atom stereocenters. The smallest absolute Gasteiger partial charge is 0.338 e. The number of nitrogens with zero attached hydrogens (tertiary/aromatic N) is 2. The Morgan fingerprint density at radius 1 is 1.00 bits per heavy atom. The van der Waals surface area contributed by atoms with E-state index in [1.54, 1.807) is 36.4 Å². The molecule has 0 spiro atoms. The third-order valence-corrected chi connectivity index (χ3v) is 3.98. The number of para-hydroxylation sites is 1. The fourth-order valence-corrected chi connectivity index (χ4v) is 2.61. The molecule has 2 aromatic rings. The molecule has 1 aliphatic heterocycles. The van der Waals surface area contributed by atoms with E-state index >= 15 is 0 Å². The summed E-state index contributed by atoms with van der Waals surface area (Å²) in [4.78, 5) is 39.5. The Morgan fingerprint density at radius 3 is 2.31 bits per heavy atom. The van der Waals surface area contributed by atoms with Gasteiger partial charge in [-0.2, -0.15) is 0 Å². The number of aromatic hydroxyl groups is 1. The molecule has 0 saturated carbocycles. The van der Waals surface area contributed by atoms with E-state index in [9.17, 15) is 19.5 Å². The van der Waals surface area contributed by atoms with Crippen LogP contribution >= 0.6 is 0 Å². The van der Waals surface area contributed by atoms with Gasteiger partial charge in [-0.25, -0.2) is 9.69 Å². The predicted octanol–water partition coefficient (Wildman–Crippen LogP) is 2.41. The normalized spacial score (nSPS) is 16.4. The molecule has 7 nitrogen and oxygen atoms in total. The van der Waals surface area contributed by atoms with Crippen molar-refractivity contribution in [3.8, 4) is 11.5 Å². The second-order valence-corrected chi connectivity index (χ2v) is 5.61. The molecule has 0 aliphatic carbocycles. The van der Waals surface area contributed by atoms with Crippen LogP contribution in [0.2, 0.25) is 0 Å². The molecule has 4 amide bonds. The number of phenolic OH excluding ortho intramolecular Hbond substituents is 1. The first-order valence-corrected chi connectivity index (χ1v) is 7.74. The average molecular weight is 352 g/mol. The highest BCUT2D eigenvalue weighted by molar-refractivity contribution is 6.39. The van der Waals surface area contributed by atoms with Gasteiger partial charge in [0, 0.05) is 7.05 Å². The fourth-order valence-electron chi connectivity index (χ4n) is 2.61. The van der Waals surface area contributed by atoms with Crippen molar-refractivity contribution in [2.24, 2.45) is 0 Å². The van der Waals surface area contributed by atoms with E-state index in [1.165, 1.54) is 32.4 Å². The van der Waals surface area contributed by atoms with E-state index in [-0.39, 0.29) is 17.1 Å². The lowest BCUT2D eigenvalue weighted by Crippen LogP contribution is -2.55. The van der Waals surface area contributed by atoms with Crippen molar-refractivity contribution in [3.05, 3.63) is 59.7 Å². The molecule has 0 aromatic heterocycles. The zero-order chi connectivity index (χ0) is 18.8. The van der Waals surface area contributed by atoms with Gasteiger partial charge in [0.15, 0.2) is 11.5 Å². The molecule has 132 valence electrons. The van der Waals surface area contributed by atoms with Gasteiger partial charge >= 0.3 is 6.03 Å². The first-order chi connectivity index (χ1) is 12.4. The molecule has 0 bridgehead atoms. The van der Waals surface area contributed by atoms with E-state index < -0.39 is 17.8 Å². The number of phenols is 1. The Morgan fingerprint density at radius 2 is 1.69 bits per heavy atom. The number of carbonyl (C=O) groups excluding carboxylic acids is 3. The molecule has 1 heterocycles. The molecular formula is C19H16N2O5. The molecule has 26 heavy (non-hydrogen) atoms. The van der Waals surface area contributed by atoms with Crippen LogP contribution < -0.4 is 9.64 Å². The zero-order valence-electron chi connectivity index (χ0n) is 14.2. The minimum absolute atomic E-state index is 0.123. The Kier molecular flexibility index (Phi) is 4.45. The lowest BCUT2D eigenvalue weighted by atomic mass is 10.1. The lowest BCUT2D eigenvalue weighted by molar-refractivity contribution is -0.128. The van der Waals surface area contributed by atoms with Gasteiger partial charge in [0.1, 0.15) is 5.57 Å². The number of rotatable bonds is 3. The summed E-state index contributed by atoms with van der Waals surface area (Å²) in [5.74, 6) is -1.28. The largest absolute Gasteiger partial charge is 0.504 e. The van der Waals surface area contributed by atoms with Gasteiger partial charge in [-0.15, -0.1) is 0 Å². The third kappa shape index (κ3) is 2.90. The summed E-state index contributed by atoms with van der Waals surface area (Å²) in [5, 5.41) is 9.88. The highest BCUT2D eigenvalue weighted by Gasteiger charge is 2.40. The van der Waals surface area contributed by atoms with E-state index in [0.717, 1.165) is 9.80 Å². The van der Waals surface area contributed by atoms with Crippen molar-refractivity contribution >= 4 is 29.6 Å². The molecule has 0 unspecified atom stereocenters. The topological polar surface area (TPSA) is 87.2 Å². The Hall–Kier alpha value is -3.61. The standard InChI is InChI=1S/C19H16N2O5/c1-20-17(23)14(10-12-8-9-16(26-2)15(22)11-12)18(24)21(19(20)25)13-6-4-3-5-7-13/h3-11,22H,1-2H3. The van der Waals surface area contributed by atoms with Crippen molar-refractivity contribution in [2.75, 3.05) is 19.1 Å².